The molecule has 0 aliphatic carbocycles. The molecule has 2 rings (SSSR count). The molecule has 0 aliphatic rings. The van der Waals surface area contributed by atoms with Crippen LogP contribution in [-0.4, -0.2) is 4.98 Å². The molecule has 0 radical (unpaired) electrons. The van der Waals surface area contributed by atoms with Crippen LogP contribution in [-0.2, 0) is 0 Å². The van der Waals surface area contributed by atoms with Crippen molar-refractivity contribution in [2.24, 2.45) is 0 Å². The molecule has 0 unspecified atom stereocenters. The van der Waals surface area contributed by atoms with Gasteiger partial charge in [0.15, 0.2) is 11.4 Å². The van der Waals surface area contributed by atoms with Gasteiger partial charge in [-0.1, -0.05) is 0 Å². The van der Waals surface area contributed by atoms with Gasteiger partial charge in [0, 0.05) is 0 Å². The topological polar surface area (TPSA) is 26.0 Å². The lowest BCUT2D eigenvalue weighted by molar-refractivity contribution is 0.491. The molecule has 0 amide bonds. The van der Waals surface area contributed by atoms with E-state index in [2.05, 4.69) is 9.40 Å². The average Bonchev–Trinajstić information content (AvgIpc) is 2.39. The summed E-state index contributed by atoms with van der Waals surface area (Å²) < 4.78 is 30.0. The fraction of sp³-hybridized carbons (Fsp3) is 0. The molecule has 1 aromatic heterocycles. The maximum absolute atomic E-state index is 12.8. The number of hydrogen-bond acceptors (Lipinski definition) is 2. The van der Waals surface area contributed by atoms with E-state index in [4.69, 9.17) is 11.6 Å². The Morgan fingerprint density at radius 1 is 1.33 bits per heavy atom. The van der Waals surface area contributed by atoms with Crippen LogP contribution < -0.4 is 0 Å². The minimum Gasteiger partial charge on any atom is -0.424 e. The van der Waals surface area contributed by atoms with Crippen LogP contribution in [0.5, 0.6) is 0 Å². The second-order valence-electron chi connectivity index (χ2n) is 2.18. The third-order valence-electron chi connectivity index (χ3n) is 1.42. The SMILES string of the molecule is Fc1ccc2nc(Cl)oc2c1F. The Morgan fingerprint density at radius 2 is 2.08 bits per heavy atom. The Kier molecular flexibility index (Phi) is 1.51. The zero-order valence-electron chi connectivity index (χ0n) is 5.64. The smallest absolute Gasteiger partial charge is 0.293 e. The molecule has 62 valence electrons. The van der Waals surface area contributed by atoms with Crippen molar-refractivity contribution in [3.05, 3.63) is 29.1 Å². The van der Waals surface area contributed by atoms with Crippen molar-refractivity contribution >= 4 is 22.7 Å². The largest absolute Gasteiger partial charge is 0.424 e. The van der Waals surface area contributed by atoms with E-state index in [-0.39, 0.29) is 16.4 Å². The van der Waals surface area contributed by atoms with Crippen LogP contribution in [0.15, 0.2) is 16.5 Å². The lowest BCUT2D eigenvalue weighted by Gasteiger charge is -1.89. The standard InChI is InChI=1S/C7H2ClF2NO/c8-7-11-4-2-1-3(9)5(10)6(4)12-7/h1-2H. The first-order chi connectivity index (χ1) is 5.68. The number of fused-ring (bicyclic) bond motifs is 1. The van der Waals surface area contributed by atoms with Gasteiger partial charge >= 0.3 is 0 Å². The van der Waals surface area contributed by atoms with Crippen molar-refractivity contribution in [1.29, 1.82) is 0 Å². The number of aromatic nitrogens is 1. The van der Waals surface area contributed by atoms with Crippen molar-refractivity contribution in [3.8, 4) is 0 Å². The molecular formula is C7H2ClF2NO. The van der Waals surface area contributed by atoms with Crippen molar-refractivity contribution in [1.82, 2.24) is 4.98 Å². The van der Waals surface area contributed by atoms with Crippen molar-refractivity contribution in [2.45, 2.75) is 0 Å². The molecule has 0 fully saturated rings. The summed E-state index contributed by atoms with van der Waals surface area (Å²) in [4.78, 5) is 3.61. The molecule has 1 heterocycles. The van der Waals surface area contributed by atoms with Gasteiger partial charge in [0.05, 0.1) is 0 Å². The summed E-state index contributed by atoms with van der Waals surface area (Å²) in [6.07, 6.45) is 0. The average molecular weight is 190 g/mol. The van der Waals surface area contributed by atoms with Crippen LogP contribution >= 0.6 is 11.6 Å². The Bertz CT molecular complexity index is 440. The van der Waals surface area contributed by atoms with Gasteiger partial charge in [-0.05, 0) is 23.7 Å². The predicted molar refractivity (Wildman–Crippen MR) is 38.9 cm³/mol. The molecular weight excluding hydrogens is 188 g/mol. The number of nitrogens with zero attached hydrogens (tertiary/aromatic N) is 1. The third-order valence-corrected chi connectivity index (χ3v) is 1.59. The maximum Gasteiger partial charge on any atom is 0.293 e. The zero-order chi connectivity index (χ0) is 8.72. The summed E-state index contributed by atoms with van der Waals surface area (Å²) >= 11 is 5.34. The molecule has 0 saturated heterocycles. The number of rotatable bonds is 0. The summed E-state index contributed by atoms with van der Waals surface area (Å²) in [6.45, 7) is 0. The molecule has 12 heavy (non-hydrogen) atoms. The fourth-order valence-electron chi connectivity index (χ4n) is 0.909. The van der Waals surface area contributed by atoms with E-state index in [0.29, 0.717) is 0 Å². The number of oxazole rings is 1. The van der Waals surface area contributed by atoms with Crippen LogP contribution in [0.25, 0.3) is 11.1 Å². The summed E-state index contributed by atoms with van der Waals surface area (Å²) in [5.74, 6) is -2.04. The van der Waals surface area contributed by atoms with E-state index >= 15 is 0 Å². The Labute approximate surface area is 70.8 Å². The Balaban J connectivity index is 2.89. The highest BCUT2D eigenvalue weighted by Crippen LogP contribution is 2.22. The minimum absolute atomic E-state index is 0.200. The summed E-state index contributed by atoms with van der Waals surface area (Å²) in [7, 11) is 0. The molecule has 2 nitrogen and oxygen atoms in total. The highest BCUT2D eigenvalue weighted by Gasteiger charge is 2.12. The first kappa shape index (κ1) is 7.49. The van der Waals surface area contributed by atoms with E-state index in [1.54, 1.807) is 0 Å². The Hall–Kier alpha value is -1.16. The van der Waals surface area contributed by atoms with E-state index in [0.717, 1.165) is 6.07 Å². The second-order valence-corrected chi connectivity index (χ2v) is 2.50. The minimum atomic E-state index is -1.06. The molecule has 1 aromatic carbocycles. The first-order valence-corrected chi connectivity index (χ1v) is 3.46. The zero-order valence-corrected chi connectivity index (χ0v) is 6.40. The van der Waals surface area contributed by atoms with Crippen LogP contribution in [0.1, 0.15) is 0 Å². The maximum atomic E-state index is 12.8. The molecule has 2 aromatic rings. The van der Waals surface area contributed by atoms with Crippen LogP contribution in [0.3, 0.4) is 0 Å². The predicted octanol–water partition coefficient (Wildman–Crippen LogP) is 2.76. The number of halogens is 3. The van der Waals surface area contributed by atoms with Gasteiger partial charge in [-0.3, -0.25) is 0 Å². The highest BCUT2D eigenvalue weighted by atomic mass is 35.5. The van der Waals surface area contributed by atoms with Crippen LogP contribution in [0.4, 0.5) is 8.78 Å². The lowest BCUT2D eigenvalue weighted by atomic mass is 10.3. The highest BCUT2D eigenvalue weighted by molar-refractivity contribution is 6.28. The van der Waals surface area contributed by atoms with Gasteiger partial charge in [-0.15, -0.1) is 0 Å². The molecule has 0 bridgehead atoms. The third kappa shape index (κ3) is 0.956. The number of hydrogen-bond donors (Lipinski definition) is 0. The molecule has 0 saturated carbocycles. The van der Waals surface area contributed by atoms with Crippen LogP contribution in [0, 0.1) is 11.6 Å². The van der Waals surface area contributed by atoms with E-state index < -0.39 is 11.6 Å². The van der Waals surface area contributed by atoms with E-state index in [1.807, 2.05) is 0 Å². The van der Waals surface area contributed by atoms with Gasteiger partial charge < -0.3 is 4.42 Å². The van der Waals surface area contributed by atoms with Crippen molar-refractivity contribution in [3.63, 3.8) is 0 Å². The van der Waals surface area contributed by atoms with Gasteiger partial charge in [0.25, 0.3) is 5.35 Å². The fourth-order valence-corrected chi connectivity index (χ4v) is 1.08. The van der Waals surface area contributed by atoms with Crippen LogP contribution in [0.2, 0.25) is 5.35 Å². The lowest BCUT2D eigenvalue weighted by Crippen LogP contribution is -1.82. The van der Waals surface area contributed by atoms with Crippen molar-refractivity contribution < 1.29 is 13.2 Å². The molecule has 0 aliphatic heterocycles. The van der Waals surface area contributed by atoms with Gasteiger partial charge in [-0.2, -0.15) is 9.37 Å². The van der Waals surface area contributed by atoms with Crippen molar-refractivity contribution in [2.75, 3.05) is 0 Å². The Morgan fingerprint density at radius 3 is 2.83 bits per heavy atom. The quantitative estimate of drug-likeness (QED) is 0.637. The summed E-state index contributed by atoms with van der Waals surface area (Å²) in [5, 5.41) is -0.200. The molecule has 0 atom stereocenters. The summed E-state index contributed by atoms with van der Waals surface area (Å²) in [6, 6.07) is 2.26. The van der Waals surface area contributed by atoms with E-state index in [1.165, 1.54) is 6.07 Å². The molecule has 0 spiro atoms. The molecule has 5 heteroatoms. The molecule has 0 N–H and O–H groups in total. The number of benzene rings is 1. The van der Waals surface area contributed by atoms with E-state index in [9.17, 15) is 8.78 Å². The van der Waals surface area contributed by atoms with Gasteiger partial charge in [0.1, 0.15) is 5.52 Å². The summed E-state index contributed by atoms with van der Waals surface area (Å²) in [5.41, 5.74) is -0.0427. The first-order valence-electron chi connectivity index (χ1n) is 3.08. The van der Waals surface area contributed by atoms with Gasteiger partial charge in [0.2, 0.25) is 5.82 Å². The van der Waals surface area contributed by atoms with Gasteiger partial charge in [-0.25, -0.2) is 4.39 Å². The monoisotopic (exact) mass is 189 g/mol. The second kappa shape index (κ2) is 2.42. The normalized spacial score (nSPS) is 10.9.